The summed E-state index contributed by atoms with van der Waals surface area (Å²) in [5.74, 6) is -3.31. The molecule has 6 rings (SSSR count). The fraction of sp³-hybridized carbons (Fsp3) is 0.310. The summed E-state index contributed by atoms with van der Waals surface area (Å²) < 4.78 is 31.7. The summed E-state index contributed by atoms with van der Waals surface area (Å²) in [6.07, 6.45) is 5.38. The number of halogens is 2. The van der Waals surface area contributed by atoms with Crippen molar-refractivity contribution in [2.24, 2.45) is 0 Å². The molecule has 0 radical (unpaired) electrons. The van der Waals surface area contributed by atoms with E-state index in [0.717, 1.165) is 32.1 Å². The first kappa shape index (κ1) is 26.6. The summed E-state index contributed by atoms with van der Waals surface area (Å²) in [6.45, 7) is 4.53. The zero-order chi connectivity index (χ0) is 29.2. The number of nitrogens with one attached hydrogen (secondary N) is 2. The van der Waals surface area contributed by atoms with E-state index in [1.807, 2.05) is 0 Å². The van der Waals surface area contributed by atoms with Gasteiger partial charge in [0.1, 0.15) is 16.9 Å². The van der Waals surface area contributed by atoms with Crippen molar-refractivity contribution in [3.63, 3.8) is 0 Å². The molecule has 0 spiro atoms. The minimum Gasteiger partial charge on any atom is -0.477 e. The van der Waals surface area contributed by atoms with E-state index in [9.17, 15) is 19.1 Å². The standard InChI is InChI=1S/C29H29F2N7O3/c1-5-37-7-6-15(12-37)38-13-18(29(40)41)26(39)16-8-14(10-34-28(16)38)17-11-33-27-22(25(17)36(3)4)21-23(31)19(30)9-20(32-2)24(21)35-27/h8-11,13,15,32H,5-7,12H2,1-4H3,(H,33,35)(H,40,41)/t15-/m0/s1. The first-order valence-corrected chi connectivity index (χ1v) is 13.3. The highest BCUT2D eigenvalue weighted by atomic mass is 19.2. The molecule has 1 fully saturated rings. The number of carboxylic acids is 1. The first-order valence-electron chi connectivity index (χ1n) is 13.3. The normalized spacial score (nSPS) is 15.8. The van der Waals surface area contributed by atoms with Gasteiger partial charge in [-0.1, -0.05) is 6.92 Å². The Morgan fingerprint density at radius 3 is 2.66 bits per heavy atom. The average molecular weight is 562 g/mol. The molecule has 1 saturated heterocycles. The van der Waals surface area contributed by atoms with Gasteiger partial charge in [0.15, 0.2) is 11.6 Å². The number of carboxylic acid groups (broad SMARTS) is 1. The lowest BCUT2D eigenvalue weighted by molar-refractivity contribution is 0.0694. The van der Waals surface area contributed by atoms with Gasteiger partial charge in [0.25, 0.3) is 0 Å². The van der Waals surface area contributed by atoms with Crippen molar-refractivity contribution in [1.82, 2.24) is 24.4 Å². The highest BCUT2D eigenvalue weighted by Gasteiger charge is 2.27. The molecule has 0 unspecified atom stereocenters. The molecule has 1 atom stereocenters. The molecule has 10 nitrogen and oxygen atoms in total. The molecule has 0 amide bonds. The molecular weight excluding hydrogens is 532 g/mol. The van der Waals surface area contributed by atoms with Crippen molar-refractivity contribution < 1.29 is 18.7 Å². The van der Waals surface area contributed by atoms with Crippen molar-refractivity contribution in [3.8, 4) is 11.1 Å². The van der Waals surface area contributed by atoms with Crippen LogP contribution < -0.4 is 15.6 Å². The van der Waals surface area contributed by atoms with Crippen LogP contribution in [0.4, 0.5) is 20.2 Å². The molecule has 0 bridgehead atoms. The number of fused-ring (bicyclic) bond motifs is 4. The van der Waals surface area contributed by atoms with Crippen LogP contribution in [-0.4, -0.2) is 76.3 Å². The number of pyridine rings is 3. The Morgan fingerprint density at radius 2 is 2.00 bits per heavy atom. The smallest absolute Gasteiger partial charge is 0.341 e. The van der Waals surface area contributed by atoms with Crippen LogP contribution in [0.25, 0.3) is 44.1 Å². The van der Waals surface area contributed by atoms with Crippen LogP contribution in [0.5, 0.6) is 0 Å². The molecule has 12 heteroatoms. The monoisotopic (exact) mass is 561 g/mol. The summed E-state index contributed by atoms with van der Waals surface area (Å²) in [7, 11) is 5.17. The van der Waals surface area contributed by atoms with Crippen molar-refractivity contribution in [1.29, 1.82) is 0 Å². The first-order chi connectivity index (χ1) is 19.6. The van der Waals surface area contributed by atoms with Gasteiger partial charge in [0.2, 0.25) is 5.43 Å². The van der Waals surface area contributed by atoms with Gasteiger partial charge in [-0.15, -0.1) is 0 Å². The minimum absolute atomic E-state index is 0.0321. The minimum atomic E-state index is -1.31. The number of aromatic carboxylic acids is 1. The molecule has 3 N–H and O–H groups in total. The molecule has 212 valence electrons. The lowest BCUT2D eigenvalue weighted by Gasteiger charge is -2.21. The molecule has 0 aliphatic carbocycles. The highest BCUT2D eigenvalue weighted by Crippen LogP contribution is 2.42. The maximum absolute atomic E-state index is 15.3. The Bertz CT molecular complexity index is 1930. The topological polar surface area (TPSA) is 119 Å². The maximum atomic E-state index is 15.3. The number of anilines is 2. The van der Waals surface area contributed by atoms with Crippen LogP contribution in [0.2, 0.25) is 0 Å². The Morgan fingerprint density at radius 1 is 1.22 bits per heavy atom. The zero-order valence-corrected chi connectivity index (χ0v) is 23.0. The van der Waals surface area contributed by atoms with Gasteiger partial charge in [-0.2, -0.15) is 0 Å². The third-order valence-corrected chi connectivity index (χ3v) is 7.98. The lowest BCUT2D eigenvalue weighted by atomic mass is 10.0. The molecule has 0 saturated carbocycles. The second-order valence-electron chi connectivity index (χ2n) is 10.5. The molecule has 41 heavy (non-hydrogen) atoms. The number of benzene rings is 1. The molecule has 5 aromatic rings. The van der Waals surface area contributed by atoms with Crippen LogP contribution in [0.15, 0.2) is 35.5 Å². The van der Waals surface area contributed by atoms with Gasteiger partial charge in [-0.3, -0.25) is 4.79 Å². The summed E-state index contributed by atoms with van der Waals surface area (Å²) in [5, 5.41) is 13.3. The number of hydrogen-bond acceptors (Lipinski definition) is 7. The van der Waals surface area contributed by atoms with Crippen molar-refractivity contribution in [3.05, 3.63) is 58.1 Å². The van der Waals surface area contributed by atoms with E-state index in [0.29, 0.717) is 44.7 Å². The van der Waals surface area contributed by atoms with Crippen molar-refractivity contribution in [2.75, 3.05) is 51.0 Å². The number of H-pyrrole nitrogens is 1. The molecule has 4 aromatic heterocycles. The zero-order valence-electron chi connectivity index (χ0n) is 23.0. The SMILES string of the molecule is CCN1CC[C@H](n2cc(C(=O)O)c(=O)c3cc(-c4cnc5[nH]c6c(NC)cc(F)c(F)c6c5c4N(C)C)cnc32)C1. The lowest BCUT2D eigenvalue weighted by Crippen LogP contribution is -2.24. The van der Waals surface area contributed by atoms with Gasteiger partial charge in [0.05, 0.1) is 33.1 Å². The third kappa shape index (κ3) is 4.08. The summed E-state index contributed by atoms with van der Waals surface area (Å²) >= 11 is 0. The average Bonchev–Trinajstić information content (AvgIpc) is 3.59. The number of aromatic nitrogens is 4. The summed E-state index contributed by atoms with van der Waals surface area (Å²) in [5.41, 5.74) is 2.09. The second-order valence-corrected chi connectivity index (χ2v) is 10.5. The number of rotatable bonds is 6. The van der Waals surface area contributed by atoms with Crippen LogP contribution in [0, 0.1) is 11.6 Å². The van der Waals surface area contributed by atoms with Crippen LogP contribution in [-0.2, 0) is 0 Å². The van der Waals surface area contributed by atoms with Crippen LogP contribution in [0.3, 0.4) is 0 Å². The van der Waals surface area contributed by atoms with E-state index in [1.54, 1.807) is 49.1 Å². The number of likely N-dealkylation sites (tertiary alicyclic amines) is 1. The van der Waals surface area contributed by atoms with Gasteiger partial charge < -0.3 is 29.8 Å². The predicted octanol–water partition coefficient (Wildman–Crippen LogP) is 4.44. The van der Waals surface area contributed by atoms with Crippen LogP contribution in [0.1, 0.15) is 29.7 Å². The van der Waals surface area contributed by atoms with Crippen molar-refractivity contribution >= 4 is 50.3 Å². The number of carbonyl (C=O) groups is 1. The summed E-state index contributed by atoms with van der Waals surface area (Å²) in [4.78, 5) is 41.8. The number of likely N-dealkylation sites (N-methyl/N-ethyl adjacent to an activating group) is 1. The van der Waals surface area contributed by atoms with Gasteiger partial charge >= 0.3 is 5.97 Å². The van der Waals surface area contributed by atoms with Gasteiger partial charge in [-0.05, 0) is 19.0 Å². The highest BCUT2D eigenvalue weighted by molar-refractivity contribution is 6.18. The Labute approximate surface area is 233 Å². The molecule has 1 aliphatic rings. The maximum Gasteiger partial charge on any atom is 0.341 e. The fourth-order valence-corrected chi connectivity index (χ4v) is 5.95. The van der Waals surface area contributed by atoms with E-state index >= 15 is 4.39 Å². The van der Waals surface area contributed by atoms with Crippen LogP contribution >= 0.6 is 0 Å². The van der Waals surface area contributed by atoms with Gasteiger partial charge in [0, 0.05) is 76.1 Å². The predicted molar refractivity (Wildman–Crippen MR) is 155 cm³/mol. The molecular formula is C29H29F2N7O3. The number of nitrogens with zero attached hydrogens (tertiary/aromatic N) is 5. The van der Waals surface area contributed by atoms with E-state index in [4.69, 9.17) is 0 Å². The molecule has 1 aliphatic heterocycles. The van der Waals surface area contributed by atoms with E-state index < -0.39 is 23.0 Å². The second kappa shape index (κ2) is 9.81. The van der Waals surface area contributed by atoms with Gasteiger partial charge in [-0.25, -0.2) is 23.5 Å². The largest absolute Gasteiger partial charge is 0.477 e. The molecule has 5 heterocycles. The fourth-order valence-electron chi connectivity index (χ4n) is 5.95. The van der Waals surface area contributed by atoms with E-state index in [2.05, 4.69) is 32.1 Å². The Hall–Kier alpha value is -4.58. The Kier molecular flexibility index (Phi) is 6.37. The number of hydrogen-bond donors (Lipinski definition) is 3. The van der Waals surface area contributed by atoms with E-state index in [-0.39, 0.29) is 22.4 Å². The number of aromatic amines is 1. The van der Waals surface area contributed by atoms with Crippen molar-refractivity contribution in [2.45, 2.75) is 19.4 Å². The Balaban J connectivity index is 1.63. The quantitative estimate of drug-likeness (QED) is 0.278. The molecule has 1 aromatic carbocycles. The summed E-state index contributed by atoms with van der Waals surface area (Å²) in [6, 6.07) is 2.67. The van der Waals surface area contributed by atoms with E-state index in [1.165, 1.54) is 6.20 Å². The third-order valence-electron chi connectivity index (χ3n) is 7.98.